The summed E-state index contributed by atoms with van der Waals surface area (Å²) in [6, 6.07) is 14.9. The molecule has 2 heterocycles. The minimum absolute atomic E-state index is 0.178. The van der Waals surface area contributed by atoms with E-state index in [1.54, 1.807) is 11.3 Å². The van der Waals surface area contributed by atoms with E-state index in [0.29, 0.717) is 50.5 Å². The summed E-state index contributed by atoms with van der Waals surface area (Å²) in [5, 5.41) is 9.81. The molecule has 0 saturated carbocycles. The Morgan fingerprint density at radius 1 is 1.05 bits per heavy atom. The lowest BCUT2D eigenvalue weighted by Gasteiger charge is -2.27. The zero-order chi connectivity index (χ0) is 31.5. The van der Waals surface area contributed by atoms with E-state index >= 15 is 0 Å². The number of morpholine rings is 1. The van der Waals surface area contributed by atoms with Crippen molar-refractivity contribution in [2.75, 3.05) is 39.4 Å². The van der Waals surface area contributed by atoms with Gasteiger partial charge in [-0.3, -0.25) is 19.3 Å². The zero-order valence-corrected chi connectivity index (χ0v) is 26.9. The Morgan fingerprint density at radius 2 is 1.80 bits per heavy atom. The lowest BCUT2D eigenvalue weighted by atomic mass is 10.0. The summed E-state index contributed by atoms with van der Waals surface area (Å²) in [5.41, 5.74) is 3.61. The Hall–Kier alpha value is -3.60. The fourth-order valence-corrected chi connectivity index (χ4v) is 6.19. The predicted octanol–water partition coefficient (Wildman–Crippen LogP) is 3.98. The highest BCUT2D eigenvalue weighted by molar-refractivity contribution is 7.18. The molecule has 44 heavy (non-hydrogen) atoms. The topological polar surface area (TPSA) is 113 Å². The van der Waals surface area contributed by atoms with Gasteiger partial charge in [-0.05, 0) is 42.0 Å². The fraction of sp³-hybridized carbons (Fsp3) is 0.471. The van der Waals surface area contributed by atoms with Crippen LogP contribution in [0.25, 0.3) is 10.2 Å². The molecular formula is C34H45N5O4S. The van der Waals surface area contributed by atoms with Gasteiger partial charge in [-0.15, -0.1) is 11.3 Å². The molecule has 0 spiro atoms. The van der Waals surface area contributed by atoms with E-state index in [4.69, 9.17) is 9.72 Å². The number of benzene rings is 2. The van der Waals surface area contributed by atoms with E-state index < -0.39 is 12.1 Å². The second-order valence-electron chi connectivity index (χ2n) is 11.7. The van der Waals surface area contributed by atoms with Crippen LogP contribution in [0, 0.1) is 0 Å². The number of ether oxygens (including phenoxy) is 1. The number of thiazole rings is 1. The fourth-order valence-electron chi connectivity index (χ4n) is 5.13. The lowest BCUT2D eigenvalue weighted by Crippen LogP contribution is -2.53. The van der Waals surface area contributed by atoms with E-state index in [2.05, 4.69) is 53.4 Å². The first-order chi connectivity index (χ1) is 21.2. The monoisotopic (exact) mass is 619 g/mol. The summed E-state index contributed by atoms with van der Waals surface area (Å²) in [7, 11) is 0. The molecule has 236 valence electrons. The summed E-state index contributed by atoms with van der Waals surface area (Å²) in [6.45, 7) is 13.7. The third kappa shape index (κ3) is 9.97. The van der Waals surface area contributed by atoms with Crippen LogP contribution >= 0.6 is 11.3 Å². The van der Waals surface area contributed by atoms with Gasteiger partial charge in [0.1, 0.15) is 6.04 Å². The Labute approximate surface area is 264 Å². The van der Waals surface area contributed by atoms with Crippen LogP contribution in [-0.2, 0) is 32.0 Å². The van der Waals surface area contributed by atoms with Crippen molar-refractivity contribution in [2.45, 2.75) is 64.5 Å². The van der Waals surface area contributed by atoms with E-state index in [9.17, 15) is 14.4 Å². The highest BCUT2D eigenvalue weighted by Crippen LogP contribution is 2.27. The van der Waals surface area contributed by atoms with Crippen LogP contribution in [0.3, 0.4) is 0 Å². The second-order valence-corrected chi connectivity index (χ2v) is 12.8. The first-order valence-electron chi connectivity index (χ1n) is 15.5. The van der Waals surface area contributed by atoms with Gasteiger partial charge in [-0.25, -0.2) is 4.98 Å². The Bertz CT molecular complexity index is 1420. The molecule has 1 aliphatic rings. The molecule has 1 aliphatic heterocycles. The molecule has 3 amide bonds. The molecule has 9 nitrogen and oxygen atoms in total. The van der Waals surface area contributed by atoms with Crippen molar-refractivity contribution >= 4 is 39.3 Å². The lowest BCUT2D eigenvalue weighted by molar-refractivity contribution is -0.129. The number of carbonyl (C=O) groups excluding carboxylic acids is 3. The Balaban J connectivity index is 1.47. The first-order valence-corrected chi connectivity index (χ1v) is 16.3. The number of fused-ring (bicyclic) bond motifs is 1. The summed E-state index contributed by atoms with van der Waals surface area (Å²) in [4.78, 5) is 46.3. The van der Waals surface area contributed by atoms with Crippen LogP contribution in [0.4, 0.5) is 0 Å². The summed E-state index contributed by atoms with van der Waals surface area (Å²) < 4.78 is 6.46. The number of hydrogen-bond acceptors (Lipinski definition) is 7. The van der Waals surface area contributed by atoms with E-state index in [1.807, 2.05) is 43.3 Å². The van der Waals surface area contributed by atoms with Crippen LogP contribution in [0.15, 0.2) is 60.7 Å². The predicted molar refractivity (Wildman–Crippen MR) is 176 cm³/mol. The van der Waals surface area contributed by atoms with Crippen molar-refractivity contribution in [1.29, 1.82) is 0 Å². The molecule has 10 heteroatoms. The van der Waals surface area contributed by atoms with Crippen LogP contribution in [0.2, 0.25) is 0 Å². The maximum Gasteiger partial charge on any atom is 0.247 e. The van der Waals surface area contributed by atoms with Gasteiger partial charge in [0.05, 0.1) is 34.5 Å². The maximum absolute atomic E-state index is 13.8. The quantitative estimate of drug-likeness (QED) is 0.222. The number of aromatic nitrogens is 1. The molecule has 1 aromatic heterocycles. The first kappa shape index (κ1) is 33.3. The molecule has 0 radical (unpaired) electrons. The van der Waals surface area contributed by atoms with Crippen molar-refractivity contribution in [2.24, 2.45) is 0 Å². The molecule has 3 N–H and O–H groups in total. The minimum Gasteiger partial charge on any atom is -0.379 e. The largest absolute Gasteiger partial charge is 0.379 e. The Morgan fingerprint density at radius 3 is 2.50 bits per heavy atom. The molecule has 4 rings (SSSR count). The number of amides is 3. The van der Waals surface area contributed by atoms with E-state index in [1.165, 1.54) is 5.56 Å². The van der Waals surface area contributed by atoms with Crippen LogP contribution < -0.4 is 16.0 Å². The van der Waals surface area contributed by atoms with Crippen molar-refractivity contribution < 1.29 is 19.1 Å². The molecule has 3 aromatic rings. The summed E-state index contributed by atoms with van der Waals surface area (Å²) >= 11 is 1.55. The normalized spacial score (nSPS) is 15.1. The third-order valence-electron chi connectivity index (χ3n) is 7.65. The van der Waals surface area contributed by atoms with Crippen molar-refractivity contribution in [3.63, 3.8) is 0 Å². The number of rotatable bonds is 15. The Kier molecular flexibility index (Phi) is 12.5. The van der Waals surface area contributed by atoms with Crippen LogP contribution in [-0.4, -0.2) is 79.1 Å². The average Bonchev–Trinajstić information content (AvgIpc) is 3.42. The SMILES string of the molecule is C=C(CN1CCOCC1)C(=O)NC[C@H](Cc1ccccc1)NC(=O)[C@H](Cc1nc2ccc(C(C)C)cc2s1)NC(=O)CCC. The zero-order valence-electron chi connectivity index (χ0n) is 26.1. The van der Waals surface area contributed by atoms with E-state index in [0.717, 1.165) is 33.9 Å². The highest BCUT2D eigenvalue weighted by atomic mass is 32.1. The van der Waals surface area contributed by atoms with Gasteiger partial charge in [0.2, 0.25) is 17.7 Å². The van der Waals surface area contributed by atoms with Crippen LogP contribution in [0.1, 0.15) is 55.7 Å². The van der Waals surface area contributed by atoms with Crippen molar-refractivity contribution in [3.8, 4) is 0 Å². The summed E-state index contributed by atoms with van der Waals surface area (Å²) in [5.74, 6) is -0.329. The molecule has 1 fully saturated rings. The minimum atomic E-state index is -0.801. The van der Waals surface area contributed by atoms with Gasteiger partial charge in [-0.1, -0.05) is 63.7 Å². The standard InChI is InChI=1S/C34H45N5O4S/c1-5-9-31(40)37-29(20-32-38-28-13-12-26(23(2)3)19-30(28)44-32)34(42)36-27(18-25-10-7-6-8-11-25)21-35-33(41)24(4)22-39-14-16-43-17-15-39/h6-8,10-13,19,23,27,29H,4-5,9,14-18,20-22H2,1-3H3,(H,35,41)(H,36,42)(H,37,40)/t27-,29-/m0/s1. The smallest absolute Gasteiger partial charge is 0.247 e. The van der Waals surface area contributed by atoms with Gasteiger partial charge in [0, 0.05) is 44.6 Å². The average molecular weight is 620 g/mol. The number of carbonyl (C=O) groups is 3. The molecule has 1 saturated heterocycles. The molecule has 0 aliphatic carbocycles. The second kappa shape index (κ2) is 16.5. The summed E-state index contributed by atoms with van der Waals surface area (Å²) in [6.07, 6.45) is 1.79. The van der Waals surface area contributed by atoms with Gasteiger partial charge < -0.3 is 20.7 Å². The van der Waals surface area contributed by atoms with Gasteiger partial charge in [0.25, 0.3) is 0 Å². The molecule has 2 aromatic carbocycles. The van der Waals surface area contributed by atoms with Crippen molar-refractivity contribution in [3.05, 3.63) is 76.8 Å². The molecular weight excluding hydrogens is 574 g/mol. The van der Waals surface area contributed by atoms with Gasteiger partial charge in [0.15, 0.2) is 0 Å². The van der Waals surface area contributed by atoms with Crippen molar-refractivity contribution in [1.82, 2.24) is 25.8 Å². The van der Waals surface area contributed by atoms with E-state index in [-0.39, 0.29) is 30.7 Å². The van der Waals surface area contributed by atoms with Gasteiger partial charge in [-0.2, -0.15) is 0 Å². The number of hydrogen-bond donors (Lipinski definition) is 3. The molecule has 0 bridgehead atoms. The third-order valence-corrected chi connectivity index (χ3v) is 8.69. The van der Waals surface area contributed by atoms with Crippen LogP contribution in [0.5, 0.6) is 0 Å². The maximum atomic E-state index is 13.8. The highest BCUT2D eigenvalue weighted by Gasteiger charge is 2.26. The molecule has 0 unspecified atom stereocenters. The van der Waals surface area contributed by atoms with Gasteiger partial charge >= 0.3 is 0 Å². The molecule has 2 atom stereocenters. The number of nitrogens with one attached hydrogen (secondary N) is 3. The number of nitrogens with zero attached hydrogens (tertiary/aromatic N) is 2.